The fourth-order valence-corrected chi connectivity index (χ4v) is 2.26. The summed E-state index contributed by atoms with van der Waals surface area (Å²) in [6.45, 7) is -0.263. The summed E-state index contributed by atoms with van der Waals surface area (Å²) >= 11 is 0. The summed E-state index contributed by atoms with van der Waals surface area (Å²) in [5.74, 6) is 0.408. The maximum atomic E-state index is 9.76. The lowest BCUT2D eigenvalue weighted by Crippen LogP contribution is -2.24. The largest absolute Gasteiger partial charge is 0.394 e. The molecule has 1 saturated heterocycles. The number of aromatic nitrogens is 4. The molecule has 0 amide bonds. The fourth-order valence-electron chi connectivity index (χ4n) is 2.26. The van der Waals surface area contributed by atoms with Crippen LogP contribution in [0.15, 0.2) is 6.33 Å². The fraction of sp³-hybridized carbons (Fsp3) is 0.500. The van der Waals surface area contributed by atoms with Gasteiger partial charge in [-0.2, -0.15) is 0 Å². The number of nitrogen functional groups attached to an aromatic ring is 2. The molecule has 3 heterocycles. The van der Waals surface area contributed by atoms with Crippen molar-refractivity contribution in [3.63, 3.8) is 0 Å². The molecule has 1 aliphatic rings. The normalized spacial score (nSPS) is 27.2. The van der Waals surface area contributed by atoms with Crippen LogP contribution in [0.25, 0.3) is 11.2 Å². The smallest absolute Gasteiger partial charge is 0.204 e. The van der Waals surface area contributed by atoms with Gasteiger partial charge < -0.3 is 26.4 Å². The molecule has 2 aromatic heterocycles. The second-order valence-corrected chi connectivity index (χ2v) is 4.39. The van der Waals surface area contributed by atoms with Crippen LogP contribution < -0.4 is 11.5 Å². The summed E-state index contributed by atoms with van der Waals surface area (Å²) in [5, 5.41) is 18.9. The second kappa shape index (κ2) is 4.30. The zero-order valence-electron chi connectivity index (χ0n) is 9.97. The van der Waals surface area contributed by atoms with Crippen LogP contribution in [0, 0.1) is 0 Å². The van der Waals surface area contributed by atoms with Gasteiger partial charge in [-0.15, -0.1) is 0 Å². The summed E-state index contributed by atoms with van der Waals surface area (Å²) in [7, 11) is 0. The summed E-state index contributed by atoms with van der Waals surface area (Å²) in [6.07, 6.45) is -0.326. The van der Waals surface area contributed by atoms with Crippen molar-refractivity contribution in [2.24, 2.45) is 0 Å². The predicted molar refractivity (Wildman–Crippen MR) is 65.8 cm³/mol. The van der Waals surface area contributed by atoms with Gasteiger partial charge in [-0.05, 0) is 0 Å². The number of imidazole rings is 1. The Morgan fingerprint density at radius 1 is 1.42 bits per heavy atom. The highest BCUT2D eigenvalue weighted by Crippen LogP contribution is 2.33. The van der Waals surface area contributed by atoms with Crippen molar-refractivity contribution in [1.29, 1.82) is 0 Å². The number of hydrogen-bond acceptors (Lipinski definition) is 8. The molecule has 9 nitrogen and oxygen atoms in total. The van der Waals surface area contributed by atoms with E-state index in [0.29, 0.717) is 17.6 Å². The standard InChI is InChI=1S/C10H14N6O3/c11-8-7-9(14-3-13-8)16(10(12)15-7)6-1-4(18)5(2-17)19-6/h3-6,17-18H,1-2H2,(H2,12,15)(H2,11,13,14)/t4-,5+,6+/m0/s1. The van der Waals surface area contributed by atoms with E-state index in [0.717, 1.165) is 0 Å². The van der Waals surface area contributed by atoms with E-state index in [1.54, 1.807) is 4.57 Å². The van der Waals surface area contributed by atoms with Crippen molar-refractivity contribution in [1.82, 2.24) is 19.5 Å². The molecule has 9 heteroatoms. The van der Waals surface area contributed by atoms with E-state index in [4.69, 9.17) is 21.3 Å². The molecule has 102 valence electrons. The zero-order valence-corrected chi connectivity index (χ0v) is 9.97. The molecular formula is C10H14N6O3. The van der Waals surface area contributed by atoms with Crippen molar-refractivity contribution in [3.8, 4) is 0 Å². The third-order valence-corrected chi connectivity index (χ3v) is 3.20. The molecule has 0 bridgehead atoms. The molecule has 3 rings (SSSR count). The number of ether oxygens (including phenoxy) is 1. The zero-order chi connectivity index (χ0) is 13.6. The molecule has 1 fully saturated rings. The Kier molecular flexibility index (Phi) is 2.73. The van der Waals surface area contributed by atoms with Gasteiger partial charge in [0, 0.05) is 6.42 Å². The molecule has 0 radical (unpaired) electrons. The Hall–Kier alpha value is -1.97. The minimum absolute atomic E-state index is 0.179. The van der Waals surface area contributed by atoms with Crippen LogP contribution in [0.2, 0.25) is 0 Å². The molecule has 2 aromatic rings. The first kappa shape index (κ1) is 12.1. The molecule has 0 unspecified atom stereocenters. The number of fused-ring (bicyclic) bond motifs is 1. The highest BCUT2D eigenvalue weighted by Gasteiger charge is 2.36. The molecule has 0 aliphatic carbocycles. The van der Waals surface area contributed by atoms with Gasteiger partial charge in [-0.25, -0.2) is 15.0 Å². The van der Waals surface area contributed by atoms with Gasteiger partial charge in [0.05, 0.1) is 12.7 Å². The Balaban J connectivity index is 2.06. The quantitative estimate of drug-likeness (QED) is 0.521. The van der Waals surface area contributed by atoms with Crippen LogP contribution in [0.1, 0.15) is 12.6 Å². The van der Waals surface area contributed by atoms with Crippen LogP contribution in [0.4, 0.5) is 11.8 Å². The number of nitrogens with zero attached hydrogens (tertiary/aromatic N) is 4. The summed E-state index contributed by atoms with van der Waals surface area (Å²) in [6, 6.07) is 0. The van der Waals surface area contributed by atoms with Gasteiger partial charge in [0.2, 0.25) is 5.95 Å². The third kappa shape index (κ3) is 1.79. The predicted octanol–water partition coefficient (Wildman–Crippen LogP) is -1.37. The Morgan fingerprint density at radius 3 is 2.89 bits per heavy atom. The number of rotatable bonds is 2. The second-order valence-electron chi connectivity index (χ2n) is 4.39. The number of anilines is 2. The number of aliphatic hydroxyl groups is 2. The highest BCUT2D eigenvalue weighted by molar-refractivity contribution is 5.83. The first-order valence-corrected chi connectivity index (χ1v) is 5.80. The maximum Gasteiger partial charge on any atom is 0.204 e. The van der Waals surface area contributed by atoms with E-state index in [9.17, 15) is 5.11 Å². The minimum Gasteiger partial charge on any atom is -0.394 e. The summed E-state index contributed by atoms with van der Waals surface area (Å²) in [5.41, 5.74) is 12.4. The van der Waals surface area contributed by atoms with E-state index in [-0.39, 0.29) is 18.4 Å². The average molecular weight is 266 g/mol. The number of nitrogens with two attached hydrogens (primary N) is 2. The Labute approximate surface area is 107 Å². The van der Waals surface area contributed by atoms with E-state index >= 15 is 0 Å². The van der Waals surface area contributed by atoms with E-state index in [2.05, 4.69) is 15.0 Å². The van der Waals surface area contributed by atoms with E-state index in [1.807, 2.05) is 0 Å². The van der Waals surface area contributed by atoms with E-state index in [1.165, 1.54) is 6.33 Å². The van der Waals surface area contributed by atoms with Crippen molar-refractivity contribution < 1.29 is 14.9 Å². The first-order valence-electron chi connectivity index (χ1n) is 5.80. The number of hydrogen-bond donors (Lipinski definition) is 4. The van der Waals surface area contributed by atoms with Crippen LogP contribution >= 0.6 is 0 Å². The Bertz CT molecular complexity index is 615. The van der Waals surface area contributed by atoms with E-state index < -0.39 is 18.4 Å². The summed E-state index contributed by atoms with van der Waals surface area (Å²) < 4.78 is 7.09. The average Bonchev–Trinajstić information content (AvgIpc) is 2.90. The molecule has 1 aliphatic heterocycles. The lowest BCUT2D eigenvalue weighted by molar-refractivity contribution is -0.0425. The lowest BCUT2D eigenvalue weighted by Gasteiger charge is -2.14. The first-order chi connectivity index (χ1) is 9.11. The third-order valence-electron chi connectivity index (χ3n) is 3.20. The van der Waals surface area contributed by atoms with Crippen molar-refractivity contribution >= 4 is 22.9 Å². The van der Waals surface area contributed by atoms with Gasteiger partial charge in [0.15, 0.2) is 17.0 Å². The van der Waals surface area contributed by atoms with Gasteiger partial charge >= 0.3 is 0 Å². The lowest BCUT2D eigenvalue weighted by atomic mass is 10.2. The molecule has 19 heavy (non-hydrogen) atoms. The van der Waals surface area contributed by atoms with Gasteiger partial charge in [0.25, 0.3) is 0 Å². The van der Waals surface area contributed by atoms with Crippen LogP contribution in [0.5, 0.6) is 0 Å². The molecule has 0 spiro atoms. The van der Waals surface area contributed by atoms with Crippen molar-refractivity contribution in [2.45, 2.75) is 24.9 Å². The molecule has 0 saturated carbocycles. The Morgan fingerprint density at radius 2 is 2.21 bits per heavy atom. The molecule has 0 aromatic carbocycles. The SMILES string of the molecule is Nc1ncnc2c1nc(N)n2[C@H]1C[C@H](O)[C@@H](CO)O1. The van der Waals surface area contributed by atoms with Crippen molar-refractivity contribution in [3.05, 3.63) is 6.33 Å². The van der Waals surface area contributed by atoms with Crippen LogP contribution in [0.3, 0.4) is 0 Å². The van der Waals surface area contributed by atoms with Gasteiger partial charge in [-0.3, -0.25) is 4.57 Å². The molecule has 3 atom stereocenters. The maximum absolute atomic E-state index is 9.76. The summed E-state index contributed by atoms with van der Waals surface area (Å²) in [4.78, 5) is 12.0. The minimum atomic E-state index is -0.758. The highest BCUT2D eigenvalue weighted by atomic mass is 16.5. The molecule has 6 N–H and O–H groups in total. The monoisotopic (exact) mass is 266 g/mol. The van der Waals surface area contributed by atoms with Crippen molar-refractivity contribution in [2.75, 3.05) is 18.1 Å². The topological polar surface area (TPSA) is 145 Å². The van der Waals surface area contributed by atoms with Crippen LogP contribution in [-0.4, -0.2) is 48.5 Å². The molecular weight excluding hydrogens is 252 g/mol. The van der Waals surface area contributed by atoms with Gasteiger partial charge in [-0.1, -0.05) is 0 Å². The van der Waals surface area contributed by atoms with Crippen LogP contribution in [-0.2, 0) is 4.74 Å². The number of aliphatic hydroxyl groups excluding tert-OH is 2. The van der Waals surface area contributed by atoms with Gasteiger partial charge in [0.1, 0.15) is 18.7 Å².